The van der Waals surface area contributed by atoms with Crippen molar-refractivity contribution in [3.05, 3.63) is 23.8 Å². The standard InChI is InChI=1S/C8H9NO4S/c1-6-4-7(9-5-10)2-3-8(6)14(11,12)13/h2-5H,1H3,(H,9,10)(H,11,12,13). The molecule has 0 aliphatic carbocycles. The molecule has 5 nitrogen and oxygen atoms in total. The second-order valence-electron chi connectivity index (χ2n) is 2.72. The summed E-state index contributed by atoms with van der Waals surface area (Å²) in [5.41, 5.74) is 0.851. The normalized spacial score (nSPS) is 11.0. The largest absolute Gasteiger partial charge is 0.329 e. The Bertz CT molecular complexity index is 452. The first kappa shape index (κ1) is 10.7. The van der Waals surface area contributed by atoms with Gasteiger partial charge in [0.05, 0.1) is 4.90 Å². The molecule has 0 heterocycles. The van der Waals surface area contributed by atoms with Crippen LogP contribution in [0.2, 0.25) is 0 Å². The lowest BCUT2D eigenvalue weighted by Crippen LogP contribution is -2.02. The van der Waals surface area contributed by atoms with E-state index in [0.717, 1.165) is 0 Å². The fourth-order valence-electron chi connectivity index (χ4n) is 1.10. The van der Waals surface area contributed by atoms with Crippen molar-refractivity contribution in [2.75, 3.05) is 5.32 Å². The van der Waals surface area contributed by atoms with Gasteiger partial charge in [-0.25, -0.2) is 0 Å². The predicted molar refractivity (Wildman–Crippen MR) is 50.7 cm³/mol. The molecule has 1 rings (SSSR count). The van der Waals surface area contributed by atoms with Crippen molar-refractivity contribution >= 4 is 22.2 Å². The molecule has 1 aromatic carbocycles. The molecule has 0 aromatic heterocycles. The lowest BCUT2D eigenvalue weighted by molar-refractivity contribution is -0.105. The molecule has 0 atom stereocenters. The van der Waals surface area contributed by atoms with E-state index in [1.165, 1.54) is 25.1 Å². The molecule has 0 fully saturated rings. The zero-order valence-corrected chi connectivity index (χ0v) is 8.21. The first-order chi connectivity index (χ1) is 6.45. The zero-order chi connectivity index (χ0) is 10.8. The van der Waals surface area contributed by atoms with Crippen LogP contribution in [0.15, 0.2) is 23.1 Å². The van der Waals surface area contributed by atoms with Crippen LogP contribution in [-0.2, 0) is 14.9 Å². The van der Waals surface area contributed by atoms with E-state index in [2.05, 4.69) is 5.32 Å². The van der Waals surface area contributed by atoms with Gasteiger partial charge in [-0.05, 0) is 30.7 Å². The topological polar surface area (TPSA) is 83.5 Å². The quantitative estimate of drug-likeness (QED) is 0.577. The van der Waals surface area contributed by atoms with Gasteiger partial charge in [-0.3, -0.25) is 9.35 Å². The number of rotatable bonds is 3. The highest BCUT2D eigenvalue weighted by molar-refractivity contribution is 7.85. The smallest absolute Gasteiger partial charge is 0.294 e. The molecule has 0 saturated heterocycles. The molecule has 0 aliphatic heterocycles. The average molecular weight is 215 g/mol. The van der Waals surface area contributed by atoms with Crippen LogP contribution in [0.3, 0.4) is 0 Å². The summed E-state index contributed by atoms with van der Waals surface area (Å²) < 4.78 is 30.3. The minimum atomic E-state index is -4.18. The van der Waals surface area contributed by atoms with Gasteiger partial charge in [0.2, 0.25) is 6.41 Å². The van der Waals surface area contributed by atoms with Crippen molar-refractivity contribution in [1.82, 2.24) is 0 Å². The van der Waals surface area contributed by atoms with Gasteiger partial charge in [-0.15, -0.1) is 0 Å². The monoisotopic (exact) mass is 215 g/mol. The zero-order valence-electron chi connectivity index (χ0n) is 7.39. The first-order valence-corrected chi connectivity index (χ1v) is 5.17. The Balaban J connectivity index is 3.21. The summed E-state index contributed by atoms with van der Waals surface area (Å²) in [7, 11) is -4.18. The summed E-state index contributed by atoms with van der Waals surface area (Å²) >= 11 is 0. The molecule has 0 unspecified atom stereocenters. The van der Waals surface area contributed by atoms with Crippen LogP contribution in [0.4, 0.5) is 5.69 Å². The maximum absolute atomic E-state index is 10.8. The van der Waals surface area contributed by atoms with E-state index in [1.54, 1.807) is 0 Å². The molecule has 1 aromatic rings. The molecule has 2 N–H and O–H groups in total. The van der Waals surface area contributed by atoms with Crippen LogP contribution in [0.25, 0.3) is 0 Å². The van der Waals surface area contributed by atoms with Crippen molar-refractivity contribution in [1.29, 1.82) is 0 Å². The highest BCUT2D eigenvalue weighted by Crippen LogP contribution is 2.18. The number of aryl methyl sites for hydroxylation is 1. The fraction of sp³-hybridized carbons (Fsp3) is 0.125. The predicted octanol–water partition coefficient (Wildman–Crippen LogP) is 0.810. The lowest BCUT2D eigenvalue weighted by atomic mass is 10.2. The number of nitrogens with one attached hydrogen (secondary N) is 1. The highest BCUT2D eigenvalue weighted by Gasteiger charge is 2.12. The SMILES string of the molecule is Cc1cc(NC=O)ccc1S(=O)(=O)O. The minimum absolute atomic E-state index is 0.158. The number of benzene rings is 1. The Hall–Kier alpha value is -1.40. The van der Waals surface area contributed by atoms with E-state index in [-0.39, 0.29) is 4.90 Å². The second kappa shape index (κ2) is 3.77. The Morgan fingerprint density at radius 2 is 2.07 bits per heavy atom. The van der Waals surface area contributed by atoms with Crippen LogP contribution < -0.4 is 5.32 Å². The van der Waals surface area contributed by atoms with Gasteiger partial charge in [-0.2, -0.15) is 8.42 Å². The number of hydrogen-bond acceptors (Lipinski definition) is 3. The molecule has 0 bridgehead atoms. The molecule has 76 valence electrons. The van der Waals surface area contributed by atoms with Crippen molar-refractivity contribution in [2.24, 2.45) is 0 Å². The van der Waals surface area contributed by atoms with E-state index in [9.17, 15) is 13.2 Å². The Kier molecular flexibility index (Phi) is 2.87. The van der Waals surface area contributed by atoms with E-state index in [0.29, 0.717) is 17.7 Å². The molecule has 0 aliphatic rings. The second-order valence-corrected chi connectivity index (χ2v) is 4.11. The van der Waals surface area contributed by atoms with Crippen LogP contribution >= 0.6 is 0 Å². The summed E-state index contributed by atoms with van der Waals surface area (Å²) in [5, 5.41) is 2.37. The summed E-state index contributed by atoms with van der Waals surface area (Å²) in [6.07, 6.45) is 0.488. The van der Waals surface area contributed by atoms with Crippen LogP contribution in [0.5, 0.6) is 0 Å². The third-order valence-electron chi connectivity index (χ3n) is 1.68. The van der Waals surface area contributed by atoms with Gasteiger partial charge in [0.15, 0.2) is 0 Å². The molecular formula is C8H9NO4S. The lowest BCUT2D eigenvalue weighted by Gasteiger charge is -2.04. The number of carbonyl (C=O) groups excluding carboxylic acids is 1. The van der Waals surface area contributed by atoms with Crippen molar-refractivity contribution in [2.45, 2.75) is 11.8 Å². The van der Waals surface area contributed by atoms with Crippen LogP contribution in [-0.4, -0.2) is 19.4 Å². The third-order valence-corrected chi connectivity index (χ3v) is 2.69. The van der Waals surface area contributed by atoms with Crippen molar-refractivity contribution < 1.29 is 17.8 Å². The summed E-state index contributed by atoms with van der Waals surface area (Å²) in [5.74, 6) is 0. The fourth-order valence-corrected chi connectivity index (χ4v) is 1.80. The molecule has 0 saturated carbocycles. The number of amides is 1. The van der Waals surface area contributed by atoms with Crippen molar-refractivity contribution in [3.8, 4) is 0 Å². The van der Waals surface area contributed by atoms with Gasteiger partial charge in [0.25, 0.3) is 10.1 Å². The Morgan fingerprint density at radius 1 is 1.43 bits per heavy atom. The van der Waals surface area contributed by atoms with Gasteiger partial charge >= 0.3 is 0 Å². The molecular weight excluding hydrogens is 206 g/mol. The highest BCUT2D eigenvalue weighted by atomic mass is 32.2. The number of anilines is 1. The molecule has 14 heavy (non-hydrogen) atoms. The van der Waals surface area contributed by atoms with E-state index in [1.807, 2.05) is 0 Å². The van der Waals surface area contributed by atoms with Crippen LogP contribution in [0, 0.1) is 6.92 Å². The minimum Gasteiger partial charge on any atom is -0.329 e. The molecule has 6 heteroatoms. The van der Waals surface area contributed by atoms with Crippen LogP contribution in [0.1, 0.15) is 5.56 Å². The van der Waals surface area contributed by atoms with Gasteiger partial charge in [0, 0.05) is 5.69 Å². The third kappa shape index (κ3) is 2.30. The molecule has 0 radical (unpaired) electrons. The van der Waals surface area contributed by atoms with E-state index < -0.39 is 10.1 Å². The Labute approximate surface area is 81.5 Å². The van der Waals surface area contributed by atoms with E-state index in [4.69, 9.17) is 4.55 Å². The number of carbonyl (C=O) groups is 1. The maximum atomic E-state index is 10.8. The first-order valence-electron chi connectivity index (χ1n) is 3.73. The van der Waals surface area contributed by atoms with E-state index >= 15 is 0 Å². The van der Waals surface area contributed by atoms with Gasteiger partial charge < -0.3 is 5.32 Å². The van der Waals surface area contributed by atoms with Crippen molar-refractivity contribution in [3.63, 3.8) is 0 Å². The summed E-state index contributed by atoms with van der Waals surface area (Å²) in [4.78, 5) is 9.93. The maximum Gasteiger partial charge on any atom is 0.294 e. The van der Waals surface area contributed by atoms with Gasteiger partial charge in [-0.1, -0.05) is 0 Å². The number of hydrogen-bond donors (Lipinski definition) is 2. The van der Waals surface area contributed by atoms with Gasteiger partial charge in [0.1, 0.15) is 0 Å². The molecule has 0 spiro atoms. The average Bonchev–Trinajstić information content (AvgIpc) is 2.02. The summed E-state index contributed by atoms with van der Waals surface area (Å²) in [6.45, 7) is 1.53. The summed E-state index contributed by atoms with van der Waals surface area (Å²) in [6, 6.07) is 4.08. The molecule has 1 amide bonds. The Morgan fingerprint density at radius 3 is 2.50 bits per heavy atom.